The number of nitrogens with two attached hydrogens (primary N) is 1. The van der Waals surface area contributed by atoms with Gasteiger partial charge in [0, 0.05) is 79.3 Å². The second kappa shape index (κ2) is 18.3. The number of piperazine rings is 1. The van der Waals surface area contributed by atoms with Crippen LogP contribution in [0.3, 0.4) is 0 Å². The molecular formula is C49H48N9O13S2+. The van der Waals surface area contributed by atoms with Crippen LogP contribution in [0.1, 0.15) is 66.6 Å². The number of nitrogens with one attached hydrogen (secondary N) is 2. The van der Waals surface area contributed by atoms with Crippen molar-refractivity contribution in [3.63, 3.8) is 0 Å². The van der Waals surface area contributed by atoms with Gasteiger partial charge in [0.15, 0.2) is 27.7 Å². The minimum atomic E-state index is -5.19. The quantitative estimate of drug-likeness (QED) is 0.0754. The molecule has 1 saturated heterocycles. The van der Waals surface area contributed by atoms with Crippen molar-refractivity contribution in [1.82, 2.24) is 29.7 Å². The molecule has 0 bridgehead atoms. The number of anilines is 2. The summed E-state index contributed by atoms with van der Waals surface area (Å²) in [4.78, 5) is 56.5. The van der Waals surface area contributed by atoms with Crippen molar-refractivity contribution in [3.8, 4) is 39.9 Å². The Morgan fingerprint density at radius 2 is 1.67 bits per heavy atom. The van der Waals surface area contributed by atoms with Gasteiger partial charge in [-0.2, -0.15) is 21.8 Å². The lowest BCUT2D eigenvalue weighted by molar-refractivity contribution is -0.176. The maximum atomic E-state index is 14.4. The first-order valence-electron chi connectivity index (χ1n) is 22.9. The number of imidazole rings is 1. The van der Waals surface area contributed by atoms with Crippen LogP contribution in [0.4, 0.5) is 11.5 Å². The topological polar surface area (TPSA) is 312 Å². The van der Waals surface area contributed by atoms with Crippen LogP contribution in [0.2, 0.25) is 0 Å². The second-order valence-electron chi connectivity index (χ2n) is 18.9. The average molecular weight is 1040 g/mol. The lowest BCUT2D eigenvalue weighted by atomic mass is 9.80. The molecule has 22 nitrogen and oxygen atoms in total. The highest BCUT2D eigenvalue weighted by molar-refractivity contribution is 7.86. The summed E-state index contributed by atoms with van der Waals surface area (Å²) >= 11 is 0. The predicted octanol–water partition coefficient (Wildman–Crippen LogP) is 3.42. The first-order chi connectivity index (χ1) is 34.6. The Hall–Kier alpha value is -7.93. The number of ether oxygens (including phenoxy) is 2. The molecule has 4 aliphatic heterocycles. The highest BCUT2D eigenvalue weighted by atomic mass is 32.2. The summed E-state index contributed by atoms with van der Waals surface area (Å²) in [7, 11) is -10.4. The van der Waals surface area contributed by atoms with Crippen LogP contribution >= 0.6 is 0 Å². The molecule has 0 saturated carbocycles. The number of carboxylic acids is 1. The molecule has 10 rings (SSSR count). The number of nitrogens with zero attached hydrogens (tertiary/aromatic N) is 6. The van der Waals surface area contributed by atoms with Gasteiger partial charge in [0.1, 0.15) is 12.1 Å². The van der Waals surface area contributed by atoms with E-state index in [1.165, 1.54) is 30.3 Å². The summed E-state index contributed by atoms with van der Waals surface area (Å²) in [6, 6.07) is 14.9. The van der Waals surface area contributed by atoms with E-state index in [1.54, 1.807) is 58.7 Å². The zero-order valence-corrected chi connectivity index (χ0v) is 41.0. The predicted molar refractivity (Wildman–Crippen MR) is 260 cm³/mol. The van der Waals surface area contributed by atoms with Crippen molar-refractivity contribution < 1.29 is 64.7 Å². The minimum Gasteiger partial charge on any atom is -0.478 e. The second-order valence-corrected chi connectivity index (χ2v) is 21.6. The van der Waals surface area contributed by atoms with Crippen LogP contribution in [0.15, 0.2) is 99.8 Å². The van der Waals surface area contributed by atoms with Crippen molar-refractivity contribution in [1.29, 1.82) is 0 Å². The van der Waals surface area contributed by atoms with Crippen LogP contribution < -0.4 is 35.8 Å². The van der Waals surface area contributed by atoms with E-state index in [2.05, 4.69) is 20.6 Å². The van der Waals surface area contributed by atoms with Gasteiger partial charge in [0.05, 0.1) is 23.7 Å². The van der Waals surface area contributed by atoms with Crippen LogP contribution in [0.25, 0.3) is 39.4 Å². The molecule has 7 N–H and O–H groups in total. The zero-order valence-electron chi connectivity index (χ0n) is 39.4. The van der Waals surface area contributed by atoms with Crippen molar-refractivity contribution in [2.75, 3.05) is 36.6 Å². The number of aromatic nitrogens is 4. The Bertz CT molecular complexity index is 3680. The molecule has 24 heteroatoms. The molecule has 2 unspecified atom stereocenters. The van der Waals surface area contributed by atoms with Gasteiger partial charge < -0.3 is 39.4 Å². The first-order valence-corrected chi connectivity index (χ1v) is 25.8. The van der Waals surface area contributed by atoms with Crippen molar-refractivity contribution in [3.05, 3.63) is 113 Å². The molecule has 5 aliphatic rings. The molecule has 378 valence electrons. The highest BCUT2D eigenvalue weighted by Crippen LogP contribution is 2.51. The largest absolute Gasteiger partial charge is 0.478 e. The number of carbonyl (C=O) groups excluding carboxylic acids is 2. The number of carboxylic acid groups (broad SMARTS) is 1. The fourth-order valence-electron chi connectivity index (χ4n) is 10.1. The van der Waals surface area contributed by atoms with Crippen molar-refractivity contribution >= 4 is 60.5 Å². The maximum Gasteiger partial charge on any atom is 0.336 e. The third-order valence-electron chi connectivity index (χ3n) is 13.3. The molecule has 3 aromatic carbocycles. The maximum absolute atomic E-state index is 14.4. The number of benzene rings is 4. The summed E-state index contributed by atoms with van der Waals surface area (Å²) < 4.78 is 92.8. The lowest BCUT2D eigenvalue weighted by Gasteiger charge is -2.42. The monoisotopic (exact) mass is 1030 g/mol. The van der Waals surface area contributed by atoms with E-state index in [4.69, 9.17) is 24.3 Å². The molecule has 73 heavy (non-hydrogen) atoms. The normalized spacial score (nSPS) is 17.3. The summed E-state index contributed by atoms with van der Waals surface area (Å²) in [5.41, 5.74) is -0.201. The Kier molecular flexibility index (Phi) is 12.2. The van der Waals surface area contributed by atoms with Crippen LogP contribution in [0.5, 0.6) is 11.5 Å². The number of aromatic carboxylic acids is 1. The van der Waals surface area contributed by atoms with E-state index in [-0.39, 0.29) is 102 Å². The summed E-state index contributed by atoms with van der Waals surface area (Å²) in [6.07, 6.45) is 6.63. The van der Waals surface area contributed by atoms with Crippen LogP contribution in [-0.2, 0) is 42.8 Å². The van der Waals surface area contributed by atoms with Gasteiger partial charge in [-0.3, -0.25) is 28.7 Å². The third kappa shape index (κ3) is 9.40. The number of rotatable bonds is 12. The molecule has 2 atom stereocenters. The fraction of sp³-hybridized carbons (Fsp3) is 0.286. The third-order valence-corrected chi connectivity index (χ3v) is 15.1. The van der Waals surface area contributed by atoms with Gasteiger partial charge in [0.25, 0.3) is 10.1 Å². The zero-order chi connectivity index (χ0) is 51.7. The SMILES string of the molecule is CC1CC(C)(C)Nc2c1cc1c(-c3ccc(CC(=O)N4CCN(c5ccnc(-n6ccnc6)n5)C(CC(=O)NCc5ccc6c(c5)OCO6)C4)cc3C(=O)O)c3ccc(=[NH2+])c(S(=O)(=O)O)c-3oc1c2S(=O)(=O)O. The van der Waals surface area contributed by atoms with E-state index in [1.807, 2.05) is 31.7 Å². The molecule has 1 fully saturated rings. The number of hydrogen-bond acceptors (Lipinski definition) is 15. The summed E-state index contributed by atoms with van der Waals surface area (Å²) in [6.45, 7) is 6.38. The Balaban J connectivity index is 1.00. The van der Waals surface area contributed by atoms with Crippen molar-refractivity contribution in [2.24, 2.45) is 0 Å². The minimum absolute atomic E-state index is 0.00125. The van der Waals surface area contributed by atoms with Gasteiger partial charge >= 0.3 is 16.1 Å². The molecule has 0 radical (unpaired) electrons. The number of hydrogen-bond donors (Lipinski definition) is 6. The number of amides is 2. The average Bonchev–Trinajstić information content (AvgIpc) is 4.04. The van der Waals surface area contributed by atoms with Crippen LogP contribution in [0, 0.1) is 0 Å². The molecule has 5 aromatic rings. The van der Waals surface area contributed by atoms with Crippen molar-refractivity contribution in [2.45, 2.75) is 73.9 Å². The molecule has 2 amide bonds. The fourth-order valence-corrected chi connectivity index (χ4v) is 11.7. The molecule has 0 spiro atoms. The van der Waals surface area contributed by atoms with E-state index >= 15 is 0 Å². The van der Waals surface area contributed by atoms with E-state index in [0.29, 0.717) is 35.2 Å². The van der Waals surface area contributed by atoms with Gasteiger partial charge in [-0.25, -0.2) is 14.8 Å². The smallest absolute Gasteiger partial charge is 0.336 e. The van der Waals surface area contributed by atoms with Gasteiger partial charge in [-0.1, -0.05) is 25.1 Å². The summed E-state index contributed by atoms with van der Waals surface area (Å²) in [5, 5.41) is 22.6. The van der Waals surface area contributed by atoms with E-state index in [9.17, 15) is 45.4 Å². The highest BCUT2D eigenvalue weighted by Gasteiger charge is 2.39. The molecule has 2 aromatic heterocycles. The Labute approximate surface area is 417 Å². The van der Waals surface area contributed by atoms with E-state index in [0.717, 1.165) is 5.56 Å². The number of carbonyl (C=O) groups is 3. The van der Waals surface area contributed by atoms with Crippen LogP contribution in [-0.4, -0.2) is 111 Å². The van der Waals surface area contributed by atoms with Gasteiger partial charge in [0.2, 0.25) is 34.8 Å². The summed E-state index contributed by atoms with van der Waals surface area (Å²) in [5.74, 6) is -1.02. The molecule has 1 aliphatic carbocycles. The lowest BCUT2D eigenvalue weighted by Crippen LogP contribution is -2.56. The Morgan fingerprint density at radius 1 is 0.918 bits per heavy atom. The van der Waals surface area contributed by atoms with Gasteiger partial charge in [-0.15, -0.1) is 0 Å². The van der Waals surface area contributed by atoms with E-state index < -0.39 is 64.3 Å². The first kappa shape index (κ1) is 48.7. The standard InChI is InChI=1S/C49H47N9O13S2/c1-26-21-49(2,3)55-42-32(26)20-34-41(31-7-8-35(50)45(72(63,64)65)43(31)71-44(34)46(42)73(66,67)68)30-6-4-27(16-33(30)47(61)62)18-40(60)56-14-15-58(38-10-11-52-48(54-38)57-13-12-51-24-57)29(23-56)19-39(59)53-22-28-5-9-36-37(17-28)70-25-69-36/h4-13,16-17,20,24,26,29,50,55H,14-15,18-19,21-23,25H2,1-3H3,(H,53,59)(H,61,62)(H,63,64,65)(H,66,67,68)/p+1. The molecule has 6 heterocycles. The Morgan fingerprint density at radius 3 is 2.41 bits per heavy atom. The number of fused-ring (bicyclic) bond motifs is 4. The molecular weight excluding hydrogens is 987 g/mol. The van der Waals surface area contributed by atoms with Gasteiger partial charge in [-0.05, 0) is 84.8 Å².